The van der Waals surface area contributed by atoms with Gasteiger partial charge in [0.15, 0.2) is 11.0 Å². The number of ether oxygens (including phenoxy) is 3. The molecule has 1 fully saturated rings. The van der Waals surface area contributed by atoms with E-state index < -0.39 is 63.1 Å². The lowest BCUT2D eigenvalue weighted by Crippen LogP contribution is -2.33. The normalized spacial score (nSPS) is 15.9. The van der Waals surface area contributed by atoms with Gasteiger partial charge in [-0.15, -0.1) is 0 Å². The third-order valence-electron chi connectivity index (χ3n) is 12.1. The molecule has 0 spiro atoms. The van der Waals surface area contributed by atoms with Crippen LogP contribution in [-0.4, -0.2) is 77.6 Å². The van der Waals surface area contributed by atoms with Gasteiger partial charge in [0.2, 0.25) is 5.88 Å². The van der Waals surface area contributed by atoms with E-state index in [0.29, 0.717) is 24.7 Å². The van der Waals surface area contributed by atoms with E-state index in [-0.39, 0.29) is 41.4 Å². The highest BCUT2D eigenvalue weighted by Gasteiger charge is 2.42. The Kier molecular flexibility index (Phi) is 12.8. The standard InChI is InChI=1S/C47H47F6N7O3S/c1-26-37(47(51,52)53)35(39(49)27(2)38(26)48)41-40(50)42-36-44(57-46(56-42)64-25-31-9-8-20-58(31)4)60(21-22-63-45(36)55-41)28(3)34-10-7-19-54-43(34)59(23-29-11-15-32(61-5)16-12-29)24-30-13-17-33(62-6)18-14-30/h7,10-19,28,31H,8-9,20-25H2,1-6H3/t28-,31+/m1/s1. The van der Waals surface area contributed by atoms with Crippen LogP contribution in [0.25, 0.3) is 22.2 Å². The van der Waals surface area contributed by atoms with Crippen molar-refractivity contribution in [2.45, 2.75) is 70.1 Å². The highest BCUT2D eigenvalue weighted by Crippen LogP contribution is 2.47. The molecule has 3 aromatic heterocycles. The zero-order valence-electron chi connectivity index (χ0n) is 36.2. The van der Waals surface area contributed by atoms with Crippen molar-refractivity contribution in [3.63, 3.8) is 0 Å². The molecule has 0 unspecified atom stereocenters. The van der Waals surface area contributed by atoms with Gasteiger partial charge < -0.3 is 28.9 Å². The van der Waals surface area contributed by atoms with Gasteiger partial charge in [-0.3, -0.25) is 0 Å². The fourth-order valence-electron chi connectivity index (χ4n) is 8.55. The third kappa shape index (κ3) is 8.71. The van der Waals surface area contributed by atoms with Gasteiger partial charge in [-0.1, -0.05) is 42.1 Å². The number of methoxy groups -OCH3 is 2. The minimum atomic E-state index is -5.26. The van der Waals surface area contributed by atoms with Crippen LogP contribution in [-0.2, 0) is 19.3 Å². The molecule has 0 aliphatic carbocycles. The number of hydrogen-bond donors (Lipinski definition) is 0. The quantitative estimate of drug-likeness (QED) is 0.0631. The highest BCUT2D eigenvalue weighted by atomic mass is 32.2. The minimum Gasteiger partial charge on any atom is -0.497 e. The molecule has 17 heteroatoms. The van der Waals surface area contributed by atoms with Crippen LogP contribution in [0.2, 0.25) is 0 Å². The van der Waals surface area contributed by atoms with Crippen LogP contribution in [0.4, 0.5) is 38.0 Å². The Morgan fingerprint density at radius 1 is 0.859 bits per heavy atom. The number of thioether (sulfide) groups is 1. The summed E-state index contributed by atoms with van der Waals surface area (Å²) in [5.41, 5.74) is -3.06. The molecule has 5 heterocycles. The van der Waals surface area contributed by atoms with Gasteiger partial charge in [-0.05, 0) is 94.2 Å². The van der Waals surface area contributed by atoms with Crippen LogP contribution < -0.4 is 24.0 Å². The highest BCUT2D eigenvalue weighted by molar-refractivity contribution is 7.99. The molecule has 8 rings (SSSR count). The summed E-state index contributed by atoms with van der Waals surface area (Å²) in [5.74, 6) is -1.66. The second-order valence-corrected chi connectivity index (χ2v) is 17.0. The number of hydrogen-bond acceptors (Lipinski definition) is 11. The second kappa shape index (κ2) is 18.4. The first-order chi connectivity index (χ1) is 30.7. The Labute approximate surface area is 371 Å². The van der Waals surface area contributed by atoms with Gasteiger partial charge in [0.25, 0.3) is 0 Å². The summed E-state index contributed by atoms with van der Waals surface area (Å²) in [6.07, 6.45) is -1.61. The molecule has 0 bridgehead atoms. The lowest BCUT2D eigenvalue weighted by molar-refractivity contribution is -0.137. The number of nitrogens with zero attached hydrogens (tertiary/aromatic N) is 7. The lowest BCUT2D eigenvalue weighted by Gasteiger charge is -2.33. The van der Waals surface area contributed by atoms with Gasteiger partial charge in [-0.2, -0.15) is 13.2 Å². The zero-order chi connectivity index (χ0) is 45.4. The number of likely N-dealkylation sites (tertiary alicyclic amines) is 1. The van der Waals surface area contributed by atoms with Crippen LogP contribution in [0.5, 0.6) is 17.4 Å². The van der Waals surface area contributed by atoms with E-state index in [2.05, 4.69) is 19.8 Å². The molecule has 336 valence electrons. The number of benzene rings is 3. The summed E-state index contributed by atoms with van der Waals surface area (Å²) in [7, 11) is 5.25. The Balaban J connectivity index is 1.28. The van der Waals surface area contributed by atoms with E-state index in [1.807, 2.05) is 79.5 Å². The van der Waals surface area contributed by atoms with Gasteiger partial charge in [0.1, 0.15) is 58.0 Å². The largest absolute Gasteiger partial charge is 0.497 e. The summed E-state index contributed by atoms with van der Waals surface area (Å²) >= 11 is 1.30. The van der Waals surface area contributed by atoms with E-state index in [9.17, 15) is 13.2 Å². The van der Waals surface area contributed by atoms with Crippen molar-refractivity contribution >= 4 is 34.3 Å². The molecule has 0 amide bonds. The van der Waals surface area contributed by atoms with Crippen LogP contribution in [0.3, 0.4) is 0 Å². The zero-order valence-corrected chi connectivity index (χ0v) is 37.0. The molecule has 64 heavy (non-hydrogen) atoms. The maximum absolute atomic E-state index is 17.3. The number of halogens is 6. The van der Waals surface area contributed by atoms with E-state index >= 15 is 13.2 Å². The molecule has 10 nitrogen and oxygen atoms in total. The minimum absolute atomic E-state index is 0.0104. The summed E-state index contributed by atoms with van der Waals surface area (Å²) < 4.78 is 110. The number of pyridine rings is 2. The van der Waals surface area contributed by atoms with E-state index in [0.717, 1.165) is 61.4 Å². The first-order valence-corrected chi connectivity index (χ1v) is 21.8. The Morgan fingerprint density at radius 3 is 2.11 bits per heavy atom. The molecule has 0 N–H and O–H groups in total. The van der Waals surface area contributed by atoms with Gasteiger partial charge in [-0.25, -0.2) is 33.1 Å². The monoisotopic (exact) mass is 903 g/mol. The van der Waals surface area contributed by atoms with Crippen LogP contribution >= 0.6 is 11.8 Å². The summed E-state index contributed by atoms with van der Waals surface area (Å²) in [6, 6.07) is 19.0. The molecule has 2 aliphatic heterocycles. The number of rotatable bonds is 13. The van der Waals surface area contributed by atoms with Crippen molar-refractivity contribution in [2.75, 3.05) is 56.5 Å². The summed E-state index contributed by atoms with van der Waals surface area (Å²) in [5, 5.41) is 0.176. The average molecular weight is 904 g/mol. The van der Waals surface area contributed by atoms with Gasteiger partial charge in [0, 0.05) is 42.2 Å². The first kappa shape index (κ1) is 44.8. The molecule has 2 atom stereocenters. The van der Waals surface area contributed by atoms with Crippen molar-refractivity contribution in [3.05, 3.63) is 118 Å². The second-order valence-electron chi connectivity index (χ2n) is 16.0. The van der Waals surface area contributed by atoms with E-state index in [1.165, 1.54) is 11.8 Å². The maximum atomic E-state index is 17.3. The van der Waals surface area contributed by atoms with Crippen molar-refractivity contribution < 1.29 is 40.6 Å². The first-order valence-electron chi connectivity index (χ1n) is 20.8. The summed E-state index contributed by atoms with van der Waals surface area (Å²) in [4.78, 5) is 25.1. The number of anilines is 2. The number of alkyl halides is 3. The molecule has 0 radical (unpaired) electrons. The van der Waals surface area contributed by atoms with Crippen LogP contribution in [0, 0.1) is 31.3 Å². The van der Waals surface area contributed by atoms with Crippen molar-refractivity contribution in [1.29, 1.82) is 0 Å². The maximum Gasteiger partial charge on any atom is 0.417 e. The SMILES string of the molecule is COc1ccc(CN(Cc2ccc(OC)cc2)c2ncccc2[C@@H](C)N2CCOc3nc(-c4c(F)c(C)c(F)c(C)c4C(F)(F)F)c(F)c4nc(SC[C@@H]5CCCN5C)nc2c34)cc1. The Morgan fingerprint density at radius 2 is 1.52 bits per heavy atom. The fourth-order valence-corrected chi connectivity index (χ4v) is 9.62. The predicted molar refractivity (Wildman–Crippen MR) is 235 cm³/mol. The molecule has 1 saturated heterocycles. The molecule has 2 aliphatic rings. The molecular formula is C47H47F6N7O3S. The lowest BCUT2D eigenvalue weighted by atomic mass is 9.93. The van der Waals surface area contributed by atoms with Crippen molar-refractivity contribution in [3.8, 4) is 28.6 Å². The van der Waals surface area contributed by atoms with Crippen LogP contribution in [0.1, 0.15) is 59.2 Å². The third-order valence-corrected chi connectivity index (χ3v) is 13.1. The van der Waals surface area contributed by atoms with E-state index in [1.54, 1.807) is 20.4 Å². The van der Waals surface area contributed by atoms with Crippen molar-refractivity contribution in [2.24, 2.45) is 0 Å². The molecular weight excluding hydrogens is 857 g/mol. The topological polar surface area (TPSA) is 89.0 Å². The summed E-state index contributed by atoms with van der Waals surface area (Å²) in [6.45, 7) is 5.81. The fraction of sp³-hybridized carbons (Fsp3) is 0.362. The smallest absolute Gasteiger partial charge is 0.417 e. The average Bonchev–Trinajstić information content (AvgIpc) is 3.62. The molecule has 3 aromatic carbocycles. The molecule has 6 aromatic rings. The van der Waals surface area contributed by atoms with Gasteiger partial charge >= 0.3 is 6.18 Å². The Bertz CT molecular complexity index is 2620. The predicted octanol–water partition coefficient (Wildman–Crippen LogP) is 10.5. The number of aromatic nitrogens is 4. The van der Waals surface area contributed by atoms with Gasteiger partial charge in [0.05, 0.1) is 37.9 Å². The van der Waals surface area contributed by atoms with Crippen LogP contribution in [0.15, 0.2) is 72.0 Å². The van der Waals surface area contributed by atoms with Crippen molar-refractivity contribution in [1.82, 2.24) is 24.8 Å². The van der Waals surface area contributed by atoms with E-state index in [4.69, 9.17) is 24.2 Å². The molecule has 0 saturated carbocycles. The Hall–Kier alpha value is -5.81.